The van der Waals surface area contributed by atoms with Gasteiger partial charge in [0.2, 0.25) is 0 Å². The molecule has 0 fully saturated rings. The predicted octanol–water partition coefficient (Wildman–Crippen LogP) is 4.48. The first-order valence-corrected chi connectivity index (χ1v) is 8.23. The van der Waals surface area contributed by atoms with Gasteiger partial charge in [0.1, 0.15) is 5.76 Å². The molecule has 3 aromatic rings. The number of halogens is 3. The van der Waals surface area contributed by atoms with Crippen LogP contribution in [0.15, 0.2) is 71.3 Å². The molecule has 28 heavy (non-hydrogen) atoms. The van der Waals surface area contributed by atoms with Gasteiger partial charge in [0.15, 0.2) is 0 Å². The Morgan fingerprint density at radius 1 is 0.929 bits per heavy atom. The zero-order chi connectivity index (χ0) is 20.1. The lowest BCUT2D eigenvalue weighted by Gasteiger charge is -2.12. The van der Waals surface area contributed by atoms with Gasteiger partial charge in [-0.25, -0.2) is 0 Å². The van der Waals surface area contributed by atoms with Crippen LogP contribution in [0.25, 0.3) is 0 Å². The van der Waals surface area contributed by atoms with Crippen LogP contribution in [0.3, 0.4) is 0 Å². The first-order chi connectivity index (χ1) is 13.3. The van der Waals surface area contributed by atoms with E-state index in [0.717, 1.165) is 18.2 Å². The van der Waals surface area contributed by atoms with E-state index >= 15 is 0 Å². The number of carbonyl (C=O) groups is 2. The summed E-state index contributed by atoms with van der Waals surface area (Å²) in [5.74, 6) is -0.660. The second kappa shape index (κ2) is 7.99. The maximum absolute atomic E-state index is 12.8. The molecule has 0 bridgehead atoms. The molecule has 2 N–H and O–H groups in total. The molecule has 0 spiro atoms. The van der Waals surface area contributed by atoms with E-state index in [-0.39, 0.29) is 23.4 Å². The molecule has 2 amide bonds. The molecule has 0 unspecified atom stereocenters. The van der Waals surface area contributed by atoms with Crippen molar-refractivity contribution in [1.82, 2.24) is 5.32 Å². The highest BCUT2D eigenvalue weighted by Gasteiger charge is 2.31. The molecule has 144 valence electrons. The molecule has 0 aliphatic carbocycles. The second-order valence-electron chi connectivity index (χ2n) is 5.84. The van der Waals surface area contributed by atoms with Crippen LogP contribution in [0, 0.1) is 0 Å². The fourth-order valence-corrected chi connectivity index (χ4v) is 2.50. The molecule has 2 aromatic carbocycles. The molecule has 1 aromatic heterocycles. The standard InChI is InChI=1S/C20H15F3N2O3/c21-20(22,23)14-6-3-5-13(11-14)18(26)25-17-9-2-1-8-16(17)19(27)24-12-15-7-4-10-28-15/h1-11H,12H2,(H,24,27)(H,25,26). The van der Waals surface area contributed by atoms with Gasteiger partial charge in [-0.05, 0) is 42.5 Å². The number of carbonyl (C=O) groups excluding carboxylic acids is 2. The van der Waals surface area contributed by atoms with Crippen LogP contribution >= 0.6 is 0 Å². The summed E-state index contributed by atoms with van der Waals surface area (Å²) < 4.78 is 43.6. The summed E-state index contributed by atoms with van der Waals surface area (Å²) in [5.41, 5.74) is -0.735. The van der Waals surface area contributed by atoms with E-state index in [1.54, 1.807) is 24.3 Å². The largest absolute Gasteiger partial charge is 0.467 e. The van der Waals surface area contributed by atoms with Crippen molar-refractivity contribution in [3.8, 4) is 0 Å². The summed E-state index contributed by atoms with van der Waals surface area (Å²) in [5, 5.41) is 5.14. The molecule has 0 atom stereocenters. The molecular weight excluding hydrogens is 373 g/mol. The SMILES string of the molecule is O=C(Nc1ccccc1C(=O)NCc1ccco1)c1cccc(C(F)(F)F)c1. The minimum atomic E-state index is -4.56. The van der Waals surface area contributed by atoms with Crippen LogP contribution in [-0.2, 0) is 12.7 Å². The average Bonchev–Trinajstić information content (AvgIpc) is 3.19. The van der Waals surface area contributed by atoms with E-state index in [2.05, 4.69) is 10.6 Å². The number of rotatable bonds is 5. The number of amides is 2. The van der Waals surface area contributed by atoms with Crippen molar-refractivity contribution in [1.29, 1.82) is 0 Å². The smallest absolute Gasteiger partial charge is 0.416 e. The Kier molecular flexibility index (Phi) is 5.49. The van der Waals surface area contributed by atoms with Gasteiger partial charge in [0.25, 0.3) is 11.8 Å². The van der Waals surface area contributed by atoms with Crippen molar-refractivity contribution in [2.24, 2.45) is 0 Å². The Labute approximate surface area is 158 Å². The molecule has 0 radical (unpaired) electrons. The van der Waals surface area contributed by atoms with E-state index in [9.17, 15) is 22.8 Å². The lowest BCUT2D eigenvalue weighted by molar-refractivity contribution is -0.137. The Bertz CT molecular complexity index is 982. The van der Waals surface area contributed by atoms with Gasteiger partial charge in [-0.3, -0.25) is 9.59 Å². The minimum absolute atomic E-state index is 0.155. The molecule has 1 heterocycles. The minimum Gasteiger partial charge on any atom is -0.467 e. The van der Waals surface area contributed by atoms with Crippen LogP contribution in [-0.4, -0.2) is 11.8 Å². The predicted molar refractivity (Wildman–Crippen MR) is 95.7 cm³/mol. The third-order valence-electron chi connectivity index (χ3n) is 3.88. The van der Waals surface area contributed by atoms with Crippen molar-refractivity contribution < 1.29 is 27.2 Å². The molecule has 0 saturated heterocycles. The van der Waals surface area contributed by atoms with Crippen LogP contribution < -0.4 is 10.6 Å². The van der Waals surface area contributed by atoms with Crippen molar-refractivity contribution >= 4 is 17.5 Å². The Balaban J connectivity index is 1.76. The fourth-order valence-electron chi connectivity index (χ4n) is 2.50. The average molecular weight is 388 g/mol. The lowest BCUT2D eigenvalue weighted by Crippen LogP contribution is -2.24. The third-order valence-corrected chi connectivity index (χ3v) is 3.88. The monoisotopic (exact) mass is 388 g/mol. The highest BCUT2D eigenvalue weighted by atomic mass is 19.4. The molecule has 5 nitrogen and oxygen atoms in total. The van der Waals surface area contributed by atoms with Crippen LogP contribution in [0.5, 0.6) is 0 Å². The zero-order valence-electron chi connectivity index (χ0n) is 14.4. The van der Waals surface area contributed by atoms with Gasteiger partial charge < -0.3 is 15.1 Å². The molecule has 0 aliphatic heterocycles. The normalized spacial score (nSPS) is 11.1. The van der Waals surface area contributed by atoms with E-state index < -0.39 is 23.6 Å². The maximum atomic E-state index is 12.8. The molecule has 0 saturated carbocycles. The maximum Gasteiger partial charge on any atom is 0.416 e. The van der Waals surface area contributed by atoms with E-state index in [4.69, 9.17) is 4.42 Å². The molecular formula is C20H15F3N2O3. The van der Waals surface area contributed by atoms with Crippen molar-refractivity contribution in [3.05, 3.63) is 89.4 Å². The summed E-state index contributed by atoms with van der Waals surface area (Å²) in [4.78, 5) is 24.8. The van der Waals surface area contributed by atoms with Gasteiger partial charge in [0, 0.05) is 5.56 Å². The zero-order valence-corrected chi connectivity index (χ0v) is 14.4. The van der Waals surface area contributed by atoms with E-state index in [1.165, 1.54) is 24.5 Å². The lowest BCUT2D eigenvalue weighted by atomic mass is 10.1. The van der Waals surface area contributed by atoms with E-state index in [1.807, 2.05) is 0 Å². The van der Waals surface area contributed by atoms with Crippen molar-refractivity contribution in [3.63, 3.8) is 0 Å². The number of hydrogen-bond acceptors (Lipinski definition) is 3. The summed E-state index contributed by atoms with van der Waals surface area (Å²) in [6, 6.07) is 13.7. The Morgan fingerprint density at radius 2 is 1.71 bits per heavy atom. The number of anilines is 1. The van der Waals surface area contributed by atoms with Crippen LogP contribution in [0.1, 0.15) is 32.0 Å². The first-order valence-electron chi connectivity index (χ1n) is 8.23. The van der Waals surface area contributed by atoms with Crippen molar-refractivity contribution in [2.75, 3.05) is 5.32 Å². The van der Waals surface area contributed by atoms with Crippen molar-refractivity contribution in [2.45, 2.75) is 12.7 Å². The first kappa shape index (κ1) is 19.2. The van der Waals surface area contributed by atoms with Gasteiger partial charge in [-0.2, -0.15) is 13.2 Å². The van der Waals surface area contributed by atoms with Gasteiger partial charge in [-0.1, -0.05) is 18.2 Å². The Morgan fingerprint density at radius 3 is 2.43 bits per heavy atom. The molecule has 8 heteroatoms. The fraction of sp³-hybridized carbons (Fsp3) is 0.100. The number of benzene rings is 2. The number of hydrogen-bond donors (Lipinski definition) is 2. The second-order valence-corrected chi connectivity index (χ2v) is 5.84. The number of nitrogens with one attached hydrogen (secondary N) is 2. The summed E-state index contributed by atoms with van der Waals surface area (Å²) in [7, 11) is 0. The summed E-state index contributed by atoms with van der Waals surface area (Å²) in [6.07, 6.45) is -3.08. The topological polar surface area (TPSA) is 71.3 Å². The third kappa shape index (κ3) is 4.59. The highest BCUT2D eigenvalue weighted by molar-refractivity contribution is 6.09. The molecule has 0 aliphatic rings. The number of para-hydroxylation sites is 1. The van der Waals surface area contributed by atoms with Gasteiger partial charge in [0.05, 0.1) is 29.6 Å². The van der Waals surface area contributed by atoms with Gasteiger partial charge >= 0.3 is 6.18 Å². The van der Waals surface area contributed by atoms with Crippen LogP contribution in [0.4, 0.5) is 18.9 Å². The van der Waals surface area contributed by atoms with Gasteiger partial charge in [-0.15, -0.1) is 0 Å². The van der Waals surface area contributed by atoms with Crippen LogP contribution in [0.2, 0.25) is 0 Å². The summed E-state index contributed by atoms with van der Waals surface area (Å²) in [6.45, 7) is 0.155. The highest BCUT2D eigenvalue weighted by Crippen LogP contribution is 2.29. The Hall–Kier alpha value is -3.55. The van der Waals surface area contributed by atoms with E-state index in [0.29, 0.717) is 5.76 Å². The molecule has 3 rings (SSSR count). The quantitative estimate of drug-likeness (QED) is 0.677. The summed E-state index contributed by atoms with van der Waals surface area (Å²) >= 11 is 0. The number of furan rings is 1. The number of alkyl halides is 3.